The van der Waals surface area contributed by atoms with Gasteiger partial charge < -0.3 is 9.47 Å². The number of benzene rings is 2. The fourth-order valence-corrected chi connectivity index (χ4v) is 3.69. The van der Waals surface area contributed by atoms with Crippen molar-refractivity contribution in [3.05, 3.63) is 65.0 Å². The SMILES string of the molecule is COCCCn1c(SCCCOc2ccccc2)nc2ccccc2c1=O. The van der Waals surface area contributed by atoms with Gasteiger partial charge in [-0.25, -0.2) is 4.98 Å². The van der Waals surface area contributed by atoms with Gasteiger partial charge >= 0.3 is 0 Å². The first-order chi connectivity index (χ1) is 13.3. The van der Waals surface area contributed by atoms with Crippen molar-refractivity contribution in [1.82, 2.24) is 9.55 Å². The molecule has 5 nitrogen and oxygen atoms in total. The highest BCUT2D eigenvalue weighted by atomic mass is 32.2. The zero-order valence-electron chi connectivity index (χ0n) is 15.5. The van der Waals surface area contributed by atoms with E-state index in [1.165, 1.54) is 0 Å². The van der Waals surface area contributed by atoms with Gasteiger partial charge in [-0.05, 0) is 37.1 Å². The Labute approximate surface area is 163 Å². The average molecular weight is 385 g/mol. The zero-order chi connectivity index (χ0) is 18.9. The number of fused-ring (bicyclic) bond motifs is 1. The Morgan fingerprint density at radius 3 is 2.59 bits per heavy atom. The van der Waals surface area contributed by atoms with E-state index in [1.807, 2.05) is 54.6 Å². The fraction of sp³-hybridized carbons (Fsp3) is 0.333. The Hall–Kier alpha value is -2.31. The van der Waals surface area contributed by atoms with E-state index in [0.29, 0.717) is 25.1 Å². The molecule has 3 rings (SSSR count). The second kappa shape index (κ2) is 10.1. The van der Waals surface area contributed by atoms with E-state index in [2.05, 4.69) is 0 Å². The van der Waals surface area contributed by atoms with Gasteiger partial charge in [0, 0.05) is 26.0 Å². The Morgan fingerprint density at radius 2 is 1.78 bits per heavy atom. The van der Waals surface area contributed by atoms with Crippen LogP contribution in [0.5, 0.6) is 5.75 Å². The molecule has 1 heterocycles. The molecule has 27 heavy (non-hydrogen) atoms. The number of thioether (sulfide) groups is 1. The molecule has 0 aliphatic rings. The van der Waals surface area contributed by atoms with Gasteiger partial charge in [0.05, 0.1) is 17.5 Å². The van der Waals surface area contributed by atoms with Crippen LogP contribution in [0, 0.1) is 0 Å². The van der Waals surface area contributed by atoms with Crippen molar-refractivity contribution in [3.8, 4) is 5.75 Å². The van der Waals surface area contributed by atoms with E-state index < -0.39 is 0 Å². The van der Waals surface area contributed by atoms with Crippen molar-refractivity contribution in [2.24, 2.45) is 0 Å². The minimum atomic E-state index is 0.0136. The first kappa shape index (κ1) is 19.5. The van der Waals surface area contributed by atoms with Crippen molar-refractivity contribution in [3.63, 3.8) is 0 Å². The van der Waals surface area contributed by atoms with Crippen LogP contribution in [0.3, 0.4) is 0 Å². The molecule has 0 radical (unpaired) electrons. The van der Waals surface area contributed by atoms with Gasteiger partial charge in [0.1, 0.15) is 5.75 Å². The van der Waals surface area contributed by atoms with Crippen molar-refractivity contribution in [1.29, 1.82) is 0 Å². The highest BCUT2D eigenvalue weighted by Gasteiger charge is 2.11. The van der Waals surface area contributed by atoms with E-state index >= 15 is 0 Å². The molecule has 0 saturated heterocycles. The summed E-state index contributed by atoms with van der Waals surface area (Å²) in [6, 6.07) is 17.3. The second-order valence-electron chi connectivity index (χ2n) is 6.08. The zero-order valence-corrected chi connectivity index (χ0v) is 16.3. The summed E-state index contributed by atoms with van der Waals surface area (Å²) in [6.07, 6.45) is 1.65. The van der Waals surface area contributed by atoms with Crippen LogP contribution in [-0.2, 0) is 11.3 Å². The second-order valence-corrected chi connectivity index (χ2v) is 7.14. The van der Waals surface area contributed by atoms with Gasteiger partial charge in [-0.15, -0.1) is 0 Å². The molecule has 0 amide bonds. The average Bonchev–Trinajstić information content (AvgIpc) is 2.71. The summed E-state index contributed by atoms with van der Waals surface area (Å²) in [5.74, 6) is 1.71. The Morgan fingerprint density at radius 1 is 1.00 bits per heavy atom. The van der Waals surface area contributed by atoms with Crippen LogP contribution in [0.2, 0.25) is 0 Å². The fourth-order valence-electron chi connectivity index (χ4n) is 2.75. The summed E-state index contributed by atoms with van der Waals surface area (Å²) in [7, 11) is 1.67. The molecule has 2 aromatic carbocycles. The van der Waals surface area contributed by atoms with Crippen molar-refractivity contribution >= 4 is 22.7 Å². The third-order valence-corrected chi connectivity index (χ3v) is 5.15. The van der Waals surface area contributed by atoms with Gasteiger partial charge in [-0.2, -0.15) is 0 Å². The number of hydrogen-bond acceptors (Lipinski definition) is 5. The molecule has 0 aliphatic carbocycles. The number of rotatable bonds is 10. The van der Waals surface area contributed by atoms with E-state index in [-0.39, 0.29) is 5.56 Å². The standard InChI is InChI=1S/C21H24N2O3S/c1-25-14-7-13-23-20(24)18-11-5-6-12-19(18)22-21(23)27-16-8-15-26-17-9-3-2-4-10-17/h2-6,9-12H,7-8,13-16H2,1H3. The monoisotopic (exact) mass is 384 g/mol. The molecule has 3 aromatic rings. The summed E-state index contributed by atoms with van der Waals surface area (Å²) < 4.78 is 12.6. The van der Waals surface area contributed by atoms with E-state index in [0.717, 1.165) is 35.0 Å². The number of nitrogens with zero attached hydrogens (tertiary/aromatic N) is 2. The normalized spacial score (nSPS) is 11.0. The molecule has 0 unspecified atom stereocenters. The van der Waals surface area contributed by atoms with E-state index in [9.17, 15) is 4.79 Å². The van der Waals surface area contributed by atoms with Crippen LogP contribution in [0.25, 0.3) is 10.9 Å². The lowest BCUT2D eigenvalue weighted by Gasteiger charge is -2.13. The van der Waals surface area contributed by atoms with Crippen LogP contribution in [0.4, 0.5) is 0 Å². The highest BCUT2D eigenvalue weighted by Crippen LogP contribution is 2.19. The largest absolute Gasteiger partial charge is 0.494 e. The van der Waals surface area contributed by atoms with Gasteiger partial charge in [0.15, 0.2) is 5.16 Å². The molecule has 6 heteroatoms. The van der Waals surface area contributed by atoms with Gasteiger partial charge in [-0.1, -0.05) is 42.1 Å². The summed E-state index contributed by atoms with van der Waals surface area (Å²) in [6.45, 7) is 1.86. The Balaban J connectivity index is 1.66. The molecular formula is C21H24N2O3S. The number of aromatic nitrogens is 2. The maximum atomic E-state index is 12.9. The maximum Gasteiger partial charge on any atom is 0.262 e. The van der Waals surface area contributed by atoms with Crippen LogP contribution in [-0.4, -0.2) is 35.6 Å². The third kappa shape index (κ3) is 5.34. The Bertz CT molecular complexity index is 912. The molecule has 0 atom stereocenters. The molecule has 0 spiro atoms. The molecule has 0 N–H and O–H groups in total. The van der Waals surface area contributed by atoms with E-state index in [1.54, 1.807) is 23.4 Å². The van der Waals surface area contributed by atoms with Crippen LogP contribution < -0.4 is 10.3 Å². The summed E-state index contributed by atoms with van der Waals surface area (Å²) in [4.78, 5) is 17.6. The van der Waals surface area contributed by atoms with Gasteiger partial charge in [0.2, 0.25) is 0 Å². The number of para-hydroxylation sites is 2. The smallest absolute Gasteiger partial charge is 0.262 e. The summed E-state index contributed by atoms with van der Waals surface area (Å²) in [5.41, 5.74) is 0.758. The van der Waals surface area contributed by atoms with Crippen molar-refractivity contribution < 1.29 is 9.47 Å². The maximum absolute atomic E-state index is 12.9. The highest BCUT2D eigenvalue weighted by molar-refractivity contribution is 7.99. The van der Waals surface area contributed by atoms with Crippen molar-refractivity contribution in [2.45, 2.75) is 24.5 Å². The van der Waals surface area contributed by atoms with Crippen molar-refractivity contribution in [2.75, 3.05) is 26.1 Å². The first-order valence-corrected chi connectivity index (χ1v) is 10.1. The topological polar surface area (TPSA) is 53.4 Å². The third-order valence-electron chi connectivity index (χ3n) is 4.09. The quantitative estimate of drug-likeness (QED) is 0.300. The minimum Gasteiger partial charge on any atom is -0.494 e. The summed E-state index contributed by atoms with van der Waals surface area (Å²) in [5, 5.41) is 1.42. The Kier molecular flexibility index (Phi) is 7.30. The predicted octanol–water partition coefficient (Wildman–Crippen LogP) is 3.99. The molecule has 0 saturated carbocycles. The number of methoxy groups -OCH3 is 1. The number of hydrogen-bond donors (Lipinski definition) is 0. The molecule has 1 aromatic heterocycles. The summed E-state index contributed by atoms with van der Waals surface area (Å²) >= 11 is 1.60. The molecule has 0 bridgehead atoms. The van der Waals surface area contributed by atoms with Crippen LogP contribution >= 0.6 is 11.8 Å². The number of ether oxygens (including phenoxy) is 2. The molecular weight excluding hydrogens is 360 g/mol. The van der Waals surface area contributed by atoms with Crippen LogP contribution in [0.1, 0.15) is 12.8 Å². The predicted molar refractivity (Wildman–Crippen MR) is 110 cm³/mol. The lowest BCUT2D eigenvalue weighted by molar-refractivity contribution is 0.189. The minimum absolute atomic E-state index is 0.0136. The molecule has 0 fully saturated rings. The van der Waals surface area contributed by atoms with Crippen LogP contribution in [0.15, 0.2) is 64.5 Å². The van der Waals surface area contributed by atoms with Gasteiger partial charge in [0.25, 0.3) is 5.56 Å². The molecule has 142 valence electrons. The molecule has 0 aliphatic heterocycles. The lowest BCUT2D eigenvalue weighted by Crippen LogP contribution is -2.24. The first-order valence-electron chi connectivity index (χ1n) is 9.09. The van der Waals surface area contributed by atoms with Gasteiger partial charge in [-0.3, -0.25) is 9.36 Å². The van der Waals surface area contributed by atoms with E-state index in [4.69, 9.17) is 14.5 Å². The lowest BCUT2D eigenvalue weighted by atomic mass is 10.2.